The SMILES string of the molecule is O=C1c2ccccc2C(=O)N1[C@@H]1[C@@H](OCc2ccccc2)[C@@H](O)[C@@H](COCc2ccccc2)O[C@H]1Sc1ccccc1. The van der Waals surface area contributed by atoms with E-state index >= 15 is 0 Å². The van der Waals surface area contributed by atoms with E-state index in [-0.39, 0.29) is 13.2 Å². The summed E-state index contributed by atoms with van der Waals surface area (Å²) in [7, 11) is 0. The number of amides is 2. The zero-order valence-corrected chi connectivity index (χ0v) is 23.6. The summed E-state index contributed by atoms with van der Waals surface area (Å²) in [5.74, 6) is -0.857. The second-order valence-electron chi connectivity index (χ2n) is 10.2. The molecule has 0 bridgehead atoms. The highest BCUT2D eigenvalue weighted by molar-refractivity contribution is 7.99. The third-order valence-electron chi connectivity index (χ3n) is 7.44. The molecule has 2 heterocycles. The first-order valence-electron chi connectivity index (χ1n) is 13.9. The molecule has 5 atom stereocenters. The molecule has 6 rings (SSSR count). The van der Waals surface area contributed by atoms with Gasteiger partial charge in [0.25, 0.3) is 11.8 Å². The molecule has 0 aromatic heterocycles. The lowest BCUT2D eigenvalue weighted by Crippen LogP contribution is -2.65. The number of carbonyl (C=O) groups is 2. The fourth-order valence-corrected chi connectivity index (χ4v) is 6.55. The summed E-state index contributed by atoms with van der Waals surface area (Å²) in [5.41, 5.74) is 1.83. The summed E-state index contributed by atoms with van der Waals surface area (Å²) < 4.78 is 18.9. The Hall–Kier alpha value is -3.79. The highest BCUT2D eigenvalue weighted by atomic mass is 32.2. The van der Waals surface area contributed by atoms with Crippen molar-refractivity contribution >= 4 is 23.6 Å². The van der Waals surface area contributed by atoms with Crippen molar-refractivity contribution in [3.63, 3.8) is 0 Å². The van der Waals surface area contributed by atoms with Crippen LogP contribution >= 0.6 is 11.8 Å². The van der Waals surface area contributed by atoms with E-state index in [1.54, 1.807) is 24.3 Å². The van der Waals surface area contributed by atoms with Gasteiger partial charge >= 0.3 is 0 Å². The van der Waals surface area contributed by atoms with Gasteiger partial charge in [0.15, 0.2) is 0 Å². The molecule has 1 saturated heterocycles. The smallest absolute Gasteiger partial charge is 0.262 e. The minimum atomic E-state index is -1.17. The largest absolute Gasteiger partial charge is 0.388 e. The maximum Gasteiger partial charge on any atom is 0.262 e. The van der Waals surface area contributed by atoms with Crippen LogP contribution in [0.15, 0.2) is 120 Å². The number of aliphatic hydroxyl groups excluding tert-OH is 1. The van der Waals surface area contributed by atoms with E-state index in [1.165, 1.54) is 16.7 Å². The zero-order valence-electron chi connectivity index (χ0n) is 22.8. The van der Waals surface area contributed by atoms with Crippen molar-refractivity contribution in [2.45, 2.75) is 47.9 Å². The summed E-state index contributed by atoms with van der Waals surface area (Å²) in [6.45, 7) is 0.631. The predicted octanol–water partition coefficient (Wildman–Crippen LogP) is 5.33. The number of benzene rings is 4. The lowest BCUT2D eigenvalue weighted by Gasteiger charge is -2.47. The number of hydrogen-bond donors (Lipinski definition) is 1. The molecule has 0 radical (unpaired) electrons. The first-order chi connectivity index (χ1) is 20.6. The van der Waals surface area contributed by atoms with Gasteiger partial charge < -0.3 is 19.3 Å². The van der Waals surface area contributed by atoms with E-state index in [2.05, 4.69) is 0 Å². The summed E-state index contributed by atoms with van der Waals surface area (Å²) in [6.07, 6.45) is -2.87. The highest BCUT2D eigenvalue weighted by Crippen LogP contribution is 2.40. The molecule has 0 unspecified atom stereocenters. The van der Waals surface area contributed by atoms with Crippen LogP contribution in [0.4, 0.5) is 0 Å². The van der Waals surface area contributed by atoms with E-state index in [4.69, 9.17) is 14.2 Å². The Bertz CT molecular complexity index is 1470. The Morgan fingerprint density at radius 1 is 0.714 bits per heavy atom. The summed E-state index contributed by atoms with van der Waals surface area (Å²) in [4.78, 5) is 29.5. The first kappa shape index (κ1) is 28.3. The van der Waals surface area contributed by atoms with Crippen LogP contribution in [-0.2, 0) is 27.4 Å². The van der Waals surface area contributed by atoms with Crippen LogP contribution in [0, 0.1) is 0 Å². The van der Waals surface area contributed by atoms with Gasteiger partial charge in [0, 0.05) is 4.90 Å². The molecule has 8 heteroatoms. The molecule has 0 saturated carbocycles. The average molecular weight is 582 g/mol. The number of imide groups is 1. The summed E-state index contributed by atoms with van der Waals surface area (Å²) in [6, 6.07) is 34.9. The fraction of sp³-hybridized carbons (Fsp3) is 0.235. The van der Waals surface area contributed by atoms with Crippen molar-refractivity contribution < 1.29 is 28.9 Å². The number of nitrogens with zero attached hydrogens (tertiary/aromatic N) is 1. The standard InChI is InChI=1S/C34H31NO6S/c36-30-28(22-39-20-23-12-4-1-5-13-23)41-34(42-25-16-8-3-9-17-25)29(31(30)40-21-24-14-6-2-7-15-24)35-32(37)26-18-10-11-19-27(26)33(35)38/h1-19,28-31,34,36H,20-22H2/t28-,29-,30+,31-,34+/m1/s1. The van der Waals surface area contributed by atoms with Crippen molar-refractivity contribution in [1.82, 2.24) is 4.90 Å². The van der Waals surface area contributed by atoms with Crippen LogP contribution in [0.2, 0.25) is 0 Å². The topological polar surface area (TPSA) is 85.3 Å². The Balaban J connectivity index is 1.33. The van der Waals surface area contributed by atoms with Gasteiger partial charge in [0.2, 0.25) is 0 Å². The number of fused-ring (bicyclic) bond motifs is 1. The molecular weight excluding hydrogens is 550 g/mol. The Morgan fingerprint density at radius 2 is 1.24 bits per heavy atom. The molecule has 0 aliphatic carbocycles. The van der Waals surface area contributed by atoms with Gasteiger partial charge in [0.1, 0.15) is 29.8 Å². The zero-order chi connectivity index (χ0) is 28.9. The van der Waals surface area contributed by atoms with Crippen molar-refractivity contribution in [3.8, 4) is 0 Å². The lowest BCUT2D eigenvalue weighted by atomic mass is 9.96. The molecular formula is C34H31NO6S. The summed E-state index contributed by atoms with van der Waals surface area (Å²) in [5, 5.41) is 11.7. The molecule has 1 N–H and O–H groups in total. The Kier molecular flexibility index (Phi) is 8.79. The molecule has 2 aliphatic heterocycles. The van der Waals surface area contributed by atoms with E-state index in [0.717, 1.165) is 16.0 Å². The molecule has 214 valence electrons. The van der Waals surface area contributed by atoms with Crippen LogP contribution < -0.4 is 0 Å². The fourth-order valence-electron chi connectivity index (χ4n) is 5.35. The second kappa shape index (κ2) is 13.0. The predicted molar refractivity (Wildman–Crippen MR) is 159 cm³/mol. The van der Waals surface area contributed by atoms with E-state index in [9.17, 15) is 14.7 Å². The van der Waals surface area contributed by atoms with Crippen LogP contribution in [0.1, 0.15) is 31.8 Å². The normalized spacial score (nSPS) is 23.6. The van der Waals surface area contributed by atoms with Crippen LogP contribution in [0.25, 0.3) is 0 Å². The minimum Gasteiger partial charge on any atom is -0.388 e. The molecule has 2 amide bonds. The number of ether oxygens (including phenoxy) is 3. The molecule has 4 aromatic carbocycles. The Morgan fingerprint density at radius 3 is 1.83 bits per heavy atom. The number of rotatable bonds is 10. The number of carbonyl (C=O) groups excluding carboxylic acids is 2. The minimum absolute atomic E-state index is 0.0992. The van der Waals surface area contributed by atoms with Gasteiger partial charge in [-0.2, -0.15) is 0 Å². The maximum atomic E-state index is 13.7. The molecule has 7 nitrogen and oxygen atoms in total. The molecule has 0 spiro atoms. The number of thioether (sulfide) groups is 1. The molecule has 1 fully saturated rings. The maximum absolute atomic E-state index is 13.7. The van der Waals surface area contributed by atoms with Gasteiger partial charge in [-0.05, 0) is 35.4 Å². The second-order valence-corrected chi connectivity index (χ2v) is 11.4. The van der Waals surface area contributed by atoms with E-state index < -0.39 is 41.6 Å². The summed E-state index contributed by atoms with van der Waals surface area (Å²) >= 11 is 1.39. The monoisotopic (exact) mass is 581 g/mol. The first-order valence-corrected chi connectivity index (χ1v) is 14.8. The van der Waals surface area contributed by atoms with Gasteiger partial charge in [-0.15, -0.1) is 0 Å². The third kappa shape index (κ3) is 6.04. The van der Waals surface area contributed by atoms with Gasteiger partial charge in [-0.1, -0.05) is 103 Å². The van der Waals surface area contributed by atoms with Crippen molar-refractivity contribution in [2.75, 3.05) is 6.61 Å². The van der Waals surface area contributed by atoms with E-state index in [0.29, 0.717) is 17.7 Å². The van der Waals surface area contributed by atoms with Gasteiger partial charge in [-0.25, -0.2) is 0 Å². The van der Waals surface area contributed by atoms with E-state index in [1.807, 2.05) is 91.0 Å². The van der Waals surface area contributed by atoms with Crippen molar-refractivity contribution in [3.05, 3.63) is 138 Å². The Labute approximate surface area is 249 Å². The number of aliphatic hydroxyl groups is 1. The lowest BCUT2D eigenvalue weighted by molar-refractivity contribution is -0.205. The van der Waals surface area contributed by atoms with Crippen LogP contribution in [0.3, 0.4) is 0 Å². The van der Waals surface area contributed by atoms with Crippen LogP contribution in [0.5, 0.6) is 0 Å². The average Bonchev–Trinajstić information content (AvgIpc) is 3.28. The van der Waals surface area contributed by atoms with Crippen LogP contribution in [-0.4, -0.2) is 58.2 Å². The number of hydrogen-bond acceptors (Lipinski definition) is 7. The highest BCUT2D eigenvalue weighted by Gasteiger charge is 2.54. The molecule has 4 aromatic rings. The molecule has 42 heavy (non-hydrogen) atoms. The van der Waals surface area contributed by atoms with Crippen molar-refractivity contribution in [1.29, 1.82) is 0 Å². The van der Waals surface area contributed by atoms with Gasteiger partial charge in [0.05, 0.1) is 30.9 Å². The van der Waals surface area contributed by atoms with Crippen molar-refractivity contribution in [2.24, 2.45) is 0 Å². The quantitative estimate of drug-likeness (QED) is 0.254. The molecule has 2 aliphatic rings. The third-order valence-corrected chi connectivity index (χ3v) is 8.61. The van der Waals surface area contributed by atoms with Gasteiger partial charge in [-0.3, -0.25) is 14.5 Å².